The Morgan fingerprint density at radius 3 is 2.12 bits per heavy atom. The van der Waals surface area contributed by atoms with Gasteiger partial charge in [-0.25, -0.2) is 8.42 Å². The van der Waals surface area contributed by atoms with Crippen molar-refractivity contribution < 1.29 is 17.7 Å². The Morgan fingerprint density at radius 1 is 1.12 bits per heavy atom. The lowest BCUT2D eigenvalue weighted by Crippen LogP contribution is -2.11. The standard InChI is InChI=1S/C11H16O4S2/c1-16(2,13)8-3-9-17(14,15)11-6-4-10(12)5-7-11/h4-7,12H,1,3,8-9H2,2H3. The number of phenolic OH excluding ortho intramolecular Hbond substituents is 1. The molecule has 1 atom stereocenters. The molecule has 1 unspecified atom stereocenters. The smallest absolute Gasteiger partial charge is 0.178 e. The van der Waals surface area contributed by atoms with Gasteiger partial charge >= 0.3 is 0 Å². The summed E-state index contributed by atoms with van der Waals surface area (Å²) < 4.78 is 35.0. The highest BCUT2D eigenvalue weighted by Gasteiger charge is 2.14. The monoisotopic (exact) mass is 276 g/mol. The first-order valence-electron chi connectivity index (χ1n) is 5.02. The van der Waals surface area contributed by atoms with Crippen molar-refractivity contribution in [3.8, 4) is 5.75 Å². The predicted molar refractivity (Wildman–Crippen MR) is 70.8 cm³/mol. The van der Waals surface area contributed by atoms with Crippen LogP contribution in [0.25, 0.3) is 0 Å². The minimum atomic E-state index is -3.36. The SMILES string of the molecule is C=S(C)(=O)CCCS(=O)(=O)c1ccc(O)cc1. The lowest BCUT2D eigenvalue weighted by atomic mass is 10.3. The van der Waals surface area contributed by atoms with Gasteiger partial charge in [0.05, 0.1) is 10.6 Å². The molecular formula is C11H16O4S2. The maximum atomic E-state index is 11.8. The minimum Gasteiger partial charge on any atom is -0.508 e. The van der Waals surface area contributed by atoms with Crippen LogP contribution in [0.3, 0.4) is 0 Å². The van der Waals surface area contributed by atoms with Gasteiger partial charge in [0.1, 0.15) is 5.75 Å². The first kappa shape index (κ1) is 14.1. The van der Waals surface area contributed by atoms with E-state index in [2.05, 4.69) is 5.87 Å². The summed E-state index contributed by atoms with van der Waals surface area (Å²) in [5.41, 5.74) is 0. The van der Waals surface area contributed by atoms with Crippen molar-refractivity contribution in [2.45, 2.75) is 11.3 Å². The van der Waals surface area contributed by atoms with E-state index in [-0.39, 0.29) is 16.4 Å². The lowest BCUT2D eigenvalue weighted by Gasteiger charge is -2.05. The van der Waals surface area contributed by atoms with Crippen LogP contribution in [0.15, 0.2) is 29.2 Å². The van der Waals surface area contributed by atoms with E-state index in [9.17, 15) is 12.6 Å². The van der Waals surface area contributed by atoms with Crippen LogP contribution in [0.4, 0.5) is 0 Å². The molecule has 0 amide bonds. The number of aromatic hydroxyl groups is 1. The summed E-state index contributed by atoms with van der Waals surface area (Å²) in [5.74, 6) is 3.74. The summed E-state index contributed by atoms with van der Waals surface area (Å²) >= 11 is 0. The van der Waals surface area contributed by atoms with Gasteiger partial charge in [-0.1, -0.05) is 0 Å². The Balaban J connectivity index is 2.73. The summed E-state index contributed by atoms with van der Waals surface area (Å²) in [7, 11) is -5.50. The Labute approximate surface area is 102 Å². The Hall–Kier alpha value is -1.01. The quantitative estimate of drug-likeness (QED) is 0.811. The zero-order valence-corrected chi connectivity index (χ0v) is 11.3. The number of hydrogen-bond donors (Lipinski definition) is 1. The van der Waals surface area contributed by atoms with Crippen molar-refractivity contribution in [1.82, 2.24) is 0 Å². The zero-order valence-electron chi connectivity index (χ0n) is 9.63. The molecule has 0 aromatic heterocycles. The van der Waals surface area contributed by atoms with Crippen molar-refractivity contribution in [3.63, 3.8) is 0 Å². The fourth-order valence-corrected chi connectivity index (χ4v) is 3.57. The summed E-state index contributed by atoms with van der Waals surface area (Å²) in [5, 5.41) is 9.06. The number of sulfone groups is 1. The molecule has 0 heterocycles. The highest BCUT2D eigenvalue weighted by Crippen LogP contribution is 2.16. The molecule has 0 fully saturated rings. The van der Waals surface area contributed by atoms with Gasteiger partial charge in [-0.05, 0) is 46.1 Å². The van der Waals surface area contributed by atoms with Crippen LogP contribution in [0.1, 0.15) is 6.42 Å². The molecule has 0 aliphatic heterocycles. The van der Waals surface area contributed by atoms with Crippen LogP contribution >= 0.6 is 0 Å². The van der Waals surface area contributed by atoms with E-state index < -0.39 is 19.4 Å². The van der Waals surface area contributed by atoms with Gasteiger partial charge < -0.3 is 5.11 Å². The van der Waals surface area contributed by atoms with Gasteiger partial charge in [0.15, 0.2) is 9.84 Å². The van der Waals surface area contributed by atoms with Crippen LogP contribution in [-0.4, -0.2) is 41.4 Å². The van der Waals surface area contributed by atoms with E-state index in [4.69, 9.17) is 5.11 Å². The molecule has 96 valence electrons. The van der Waals surface area contributed by atoms with E-state index in [0.29, 0.717) is 12.2 Å². The fraction of sp³-hybridized carbons (Fsp3) is 0.364. The molecular weight excluding hydrogens is 260 g/mol. The Morgan fingerprint density at radius 2 is 1.65 bits per heavy atom. The molecule has 0 bridgehead atoms. The second-order valence-electron chi connectivity index (χ2n) is 4.05. The van der Waals surface area contributed by atoms with Crippen molar-refractivity contribution in [3.05, 3.63) is 24.3 Å². The zero-order chi connectivity index (χ0) is 13.1. The predicted octanol–water partition coefficient (Wildman–Crippen LogP) is 0.902. The van der Waals surface area contributed by atoms with Crippen LogP contribution in [0.2, 0.25) is 0 Å². The second kappa shape index (κ2) is 5.10. The van der Waals surface area contributed by atoms with Gasteiger partial charge in [0, 0.05) is 12.0 Å². The lowest BCUT2D eigenvalue weighted by molar-refractivity contribution is 0.475. The van der Waals surface area contributed by atoms with Gasteiger partial charge in [0.25, 0.3) is 0 Å². The van der Waals surface area contributed by atoms with Gasteiger partial charge in [-0.15, -0.1) is 0 Å². The summed E-state index contributed by atoms with van der Waals surface area (Å²) in [6.45, 7) is 0. The number of hydrogen-bond acceptors (Lipinski definition) is 4. The van der Waals surface area contributed by atoms with E-state index in [1.165, 1.54) is 30.5 Å². The fourth-order valence-electron chi connectivity index (χ4n) is 1.33. The first-order chi connectivity index (χ1) is 7.71. The number of benzene rings is 1. The summed E-state index contributed by atoms with van der Waals surface area (Å²) in [4.78, 5) is 0.168. The average molecular weight is 276 g/mol. The summed E-state index contributed by atoms with van der Waals surface area (Å²) in [6.07, 6.45) is 1.84. The molecule has 1 aromatic rings. The molecule has 0 saturated carbocycles. The molecule has 0 spiro atoms. The molecule has 0 aliphatic rings. The molecule has 0 radical (unpaired) electrons. The van der Waals surface area contributed by atoms with Gasteiger partial charge in [-0.2, -0.15) is 0 Å². The molecule has 0 saturated heterocycles. The van der Waals surface area contributed by atoms with Crippen LogP contribution in [-0.2, 0) is 19.4 Å². The maximum Gasteiger partial charge on any atom is 0.178 e. The molecule has 1 N–H and O–H groups in total. The third-order valence-electron chi connectivity index (χ3n) is 2.19. The maximum absolute atomic E-state index is 11.8. The van der Waals surface area contributed by atoms with Gasteiger partial charge in [-0.3, -0.25) is 4.21 Å². The molecule has 0 aliphatic carbocycles. The minimum absolute atomic E-state index is 0.0262. The molecule has 4 nitrogen and oxygen atoms in total. The summed E-state index contributed by atoms with van der Waals surface area (Å²) in [6, 6.07) is 5.38. The van der Waals surface area contributed by atoms with E-state index in [1.54, 1.807) is 0 Å². The average Bonchev–Trinajstić information content (AvgIpc) is 2.15. The Kier molecular flexibility index (Phi) is 4.21. The van der Waals surface area contributed by atoms with Crippen molar-refractivity contribution in [2.24, 2.45) is 0 Å². The third-order valence-corrected chi connectivity index (χ3v) is 5.15. The highest BCUT2D eigenvalue weighted by molar-refractivity contribution is 7.99. The molecule has 6 heteroatoms. The molecule has 1 rings (SSSR count). The van der Waals surface area contributed by atoms with Crippen molar-refractivity contribution in [2.75, 3.05) is 17.8 Å². The second-order valence-corrected chi connectivity index (χ2v) is 8.94. The van der Waals surface area contributed by atoms with E-state index >= 15 is 0 Å². The molecule has 1 aromatic carbocycles. The van der Waals surface area contributed by atoms with E-state index in [0.717, 1.165) is 0 Å². The van der Waals surface area contributed by atoms with Crippen molar-refractivity contribution in [1.29, 1.82) is 0 Å². The topological polar surface area (TPSA) is 71.4 Å². The van der Waals surface area contributed by atoms with E-state index in [1.807, 2.05) is 0 Å². The first-order valence-corrected chi connectivity index (χ1v) is 8.98. The van der Waals surface area contributed by atoms with Crippen LogP contribution in [0, 0.1) is 0 Å². The Bertz CT molecular complexity index is 568. The third kappa shape index (κ3) is 4.79. The normalized spacial score (nSPS) is 15.4. The largest absolute Gasteiger partial charge is 0.508 e. The van der Waals surface area contributed by atoms with Crippen LogP contribution in [0.5, 0.6) is 5.75 Å². The van der Waals surface area contributed by atoms with Gasteiger partial charge in [0.2, 0.25) is 0 Å². The highest BCUT2D eigenvalue weighted by atomic mass is 32.2. The number of phenols is 1. The van der Waals surface area contributed by atoms with Crippen LogP contribution < -0.4 is 0 Å². The molecule has 17 heavy (non-hydrogen) atoms. The number of rotatable bonds is 5. The van der Waals surface area contributed by atoms with Crippen molar-refractivity contribution >= 4 is 25.2 Å².